The number of carboxylic acids is 1. The summed E-state index contributed by atoms with van der Waals surface area (Å²) in [5, 5.41) is 12.8. The number of carboxylic acid groups (broad SMARTS) is 1. The molecule has 4 rings (SSSR count). The lowest BCUT2D eigenvalue weighted by atomic mass is 10.1. The molecule has 1 aliphatic rings. The molecule has 2 N–H and O–H groups in total. The minimum absolute atomic E-state index is 0.202. The molecular weight excluding hydrogens is 424 g/mol. The summed E-state index contributed by atoms with van der Waals surface area (Å²) in [6, 6.07) is 15.3. The summed E-state index contributed by atoms with van der Waals surface area (Å²) < 4.78 is 5.79. The average Bonchev–Trinajstić information content (AvgIpc) is 3.32. The third-order valence-corrected chi connectivity index (χ3v) is 5.51. The molecule has 150 valence electrons. The van der Waals surface area contributed by atoms with Crippen LogP contribution in [-0.4, -0.2) is 22.2 Å². The maximum absolute atomic E-state index is 12.3. The third-order valence-electron chi connectivity index (χ3n) is 4.36. The van der Waals surface area contributed by atoms with Crippen LogP contribution in [0.5, 0.6) is 0 Å². The largest absolute Gasteiger partial charge is 0.478 e. The molecule has 1 saturated heterocycles. The highest BCUT2D eigenvalue weighted by Gasteiger charge is 2.24. The number of nitrogens with zero attached hydrogens (tertiary/aromatic N) is 1. The molecule has 0 aliphatic carbocycles. The number of amides is 1. The normalized spacial score (nSPS) is 16.3. The minimum Gasteiger partial charge on any atom is -0.478 e. The fourth-order valence-corrected chi connectivity index (χ4v) is 3.77. The molecule has 0 radical (unpaired) electrons. The van der Waals surface area contributed by atoms with Gasteiger partial charge in [0.05, 0.1) is 16.2 Å². The first kappa shape index (κ1) is 20.0. The van der Waals surface area contributed by atoms with E-state index in [0.717, 1.165) is 11.1 Å². The number of aliphatic imine (C=N–C) groups is 1. The quantitative estimate of drug-likeness (QED) is 0.525. The van der Waals surface area contributed by atoms with E-state index in [4.69, 9.17) is 21.1 Å². The molecule has 3 aromatic rings. The topological polar surface area (TPSA) is 91.9 Å². The number of benzene rings is 2. The number of furan rings is 1. The first-order chi connectivity index (χ1) is 14.4. The number of rotatable bonds is 4. The van der Waals surface area contributed by atoms with E-state index in [2.05, 4.69) is 10.3 Å². The number of carbonyl (C=O) groups is 2. The lowest BCUT2D eigenvalue weighted by molar-refractivity contribution is -0.115. The van der Waals surface area contributed by atoms with Gasteiger partial charge in [0.25, 0.3) is 5.91 Å². The Morgan fingerprint density at radius 2 is 1.93 bits per heavy atom. The number of aromatic carboxylic acids is 1. The van der Waals surface area contributed by atoms with Crippen LogP contribution >= 0.6 is 23.4 Å². The molecule has 6 nitrogen and oxygen atoms in total. The van der Waals surface area contributed by atoms with Crippen LogP contribution in [0, 0.1) is 6.92 Å². The van der Waals surface area contributed by atoms with E-state index in [1.165, 1.54) is 23.9 Å². The van der Waals surface area contributed by atoms with Gasteiger partial charge in [0, 0.05) is 16.7 Å². The molecule has 30 heavy (non-hydrogen) atoms. The fourth-order valence-electron chi connectivity index (χ4n) is 2.78. The highest BCUT2D eigenvalue weighted by molar-refractivity contribution is 8.18. The number of amidine groups is 1. The van der Waals surface area contributed by atoms with Crippen LogP contribution in [0.2, 0.25) is 5.02 Å². The van der Waals surface area contributed by atoms with Gasteiger partial charge < -0.3 is 14.8 Å². The van der Waals surface area contributed by atoms with Crippen molar-refractivity contribution in [2.45, 2.75) is 6.92 Å². The van der Waals surface area contributed by atoms with Crippen LogP contribution in [-0.2, 0) is 4.79 Å². The summed E-state index contributed by atoms with van der Waals surface area (Å²) in [5.74, 6) is -0.167. The maximum Gasteiger partial charge on any atom is 0.335 e. The third kappa shape index (κ3) is 4.32. The van der Waals surface area contributed by atoms with Crippen LogP contribution in [0.4, 0.5) is 5.69 Å². The SMILES string of the molecule is Cc1ccc(Cl)cc1N=C1NC(=O)/C(=C/c2ccc(-c3ccc(C(=O)O)cc3)o2)S1. The van der Waals surface area contributed by atoms with E-state index in [1.807, 2.05) is 13.0 Å². The maximum atomic E-state index is 12.3. The second kappa shape index (κ2) is 8.22. The first-order valence-corrected chi connectivity index (χ1v) is 10.1. The van der Waals surface area contributed by atoms with Crippen LogP contribution in [0.15, 0.2) is 68.9 Å². The number of nitrogens with one attached hydrogen (secondary N) is 1. The summed E-state index contributed by atoms with van der Waals surface area (Å²) >= 11 is 7.24. The Balaban J connectivity index is 1.54. The van der Waals surface area contributed by atoms with Crippen molar-refractivity contribution in [3.63, 3.8) is 0 Å². The fraction of sp³-hybridized carbons (Fsp3) is 0.0455. The van der Waals surface area contributed by atoms with Gasteiger partial charge in [0.1, 0.15) is 11.5 Å². The van der Waals surface area contributed by atoms with Gasteiger partial charge in [-0.25, -0.2) is 9.79 Å². The van der Waals surface area contributed by atoms with E-state index in [0.29, 0.717) is 32.3 Å². The molecule has 0 bridgehead atoms. The molecule has 1 fully saturated rings. The smallest absolute Gasteiger partial charge is 0.335 e. The molecule has 2 aromatic carbocycles. The Hall–Kier alpha value is -3.29. The number of carbonyl (C=O) groups excluding carboxylic acids is 1. The predicted molar refractivity (Wildman–Crippen MR) is 118 cm³/mol. The van der Waals surface area contributed by atoms with Crippen LogP contribution in [0.1, 0.15) is 21.7 Å². The second-order valence-electron chi connectivity index (χ2n) is 6.50. The summed E-state index contributed by atoms with van der Waals surface area (Å²) in [6.45, 7) is 1.92. The van der Waals surface area contributed by atoms with Crippen molar-refractivity contribution in [2.75, 3.05) is 0 Å². The summed E-state index contributed by atoms with van der Waals surface area (Å²) in [6.07, 6.45) is 1.64. The van der Waals surface area contributed by atoms with Crippen LogP contribution < -0.4 is 5.32 Å². The van der Waals surface area contributed by atoms with E-state index in [9.17, 15) is 9.59 Å². The molecule has 1 aliphatic heterocycles. The average molecular weight is 439 g/mol. The van der Waals surface area contributed by atoms with Crippen molar-refractivity contribution in [1.29, 1.82) is 0 Å². The Morgan fingerprint density at radius 3 is 2.67 bits per heavy atom. The van der Waals surface area contributed by atoms with Gasteiger partial charge in [0.2, 0.25) is 0 Å². The van der Waals surface area contributed by atoms with Crippen molar-refractivity contribution in [1.82, 2.24) is 5.32 Å². The Kier molecular flexibility index (Phi) is 5.48. The zero-order valence-corrected chi connectivity index (χ0v) is 17.3. The second-order valence-corrected chi connectivity index (χ2v) is 7.96. The lowest BCUT2D eigenvalue weighted by Gasteiger charge is -2.01. The molecule has 2 heterocycles. The van der Waals surface area contributed by atoms with Crippen LogP contribution in [0.3, 0.4) is 0 Å². The Morgan fingerprint density at radius 1 is 1.17 bits per heavy atom. The molecule has 0 atom stereocenters. The Bertz CT molecular complexity index is 1210. The molecule has 1 amide bonds. The molecular formula is C22H15ClN2O4S. The highest BCUT2D eigenvalue weighted by atomic mass is 35.5. The number of halogens is 1. The van der Waals surface area contributed by atoms with Crippen molar-refractivity contribution in [3.05, 3.63) is 81.4 Å². The highest BCUT2D eigenvalue weighted by Crippen LogP contribution is 2.31. The van der Waals surface area contributed by atoms with Gasteiger partial charge in [-0.15, -0.1) is 0 Å². The summed E-state index contributed by atoms with van der Waals surface area (Å²) in [7, 11) is 0. The summed E-state index contributed by atoms with van der Waals surface area (Å²) in [4.78, 5) is 28.2. The molecule has 8 heteroatoms. The van der Waals surface area contributed by atoms with Gasteiger partial charge in [-0.1, -0.05) is 29.8 Å². The van der Waals surface area contributed by atoms with Crippen molar-refractivity contribution in [2.24, 2.45) is 4.99 Å². The molecule has 0 spiro atoms. The predicted octanol–water partition coefficient (Wildman–Crippen LogP) is 5.50. The van der Waals surface area contributed by atoms with Crippen molar-refractivity contribution < 1.29 is 19.1 Å². The number of hydrogen-bond donors (Lipinski definition) is 2. The first-order valence-electron chi connectivity index (χ1n) is 8.88. The molecule has 0 unspecified atom stereocenters. The number of thioether (sulfide) groups is 1. The van der Waals surface area contributed by atoms with Crippen LogP contribution in [0.25, 0.3) is 17.4 Å². The van der Waals surface area contributed by atoms with Crippen molar-refractivity contribution >= 4 is 52.2 Å². The van der Waals surface area contributed by atoms with Gasteiger partial charge in [-0.05, 0) is 60.6 Å². The van der Waals surface area contributed by atoms with E-state index >= 15 is 0 Å². The number of hydrogen-bond acceptors (Lipinski definition) is 5. The van der Waals surface area contributed by atoms with Gasteiger partial charge in [-0.3, -0.25) is 4.79 Å². The molecule has 0 saturated carbocycles. The van der Waals surface area contributed by atoms with E-state index in [1.54, 1.807) is 42.5 Å². The standard InChI is InChI=1S/C22H15ClN2O4S/c1-12-2-7-15(23)10-17(12)24-22-25-20(26)19(30-22)11-16-8-9-18(29-16)13-3-5-14(6-4-13)21(27)28/h2-11H,1H3,(H,27,28)(H,24,25,26)/b19-11-. The minimum atomic E-state index is -0.985. The van der Waals surface area contributed by atoms with Gasteiger partial charge >= 0.3 is 5.97 Å². The number of aryl methyl sites for hydroxylation is 1. The van der Waals surface area contributed by atoms with Gasteiger partial charge in [-0.2, -0.15) is 0 Å². The zero-order valence-electron chi connectivity index (χ0n) is 15.7. The Labute approximate surface area is 181 Å². The van der Waals surface area contributed by atoms with E-state index < -0.39 is 5.97 Å². The van der Waals surface area contributed by atoms with Crippen molar-refractivity contribution in [3.8, 4) is 11.3 Å². The van der Waals surface area contributed by atoms with Gasteiger partial charge in [0.15, 0.2) is 5.17 Å². The lowest BCUT2D eigenvalue weighted by Crippen LogP contribution is -2.19. The summed E-state index contributed by atoms with van der Waals surface area (Å²) in [5.41, 5.74) is 2.58. The monoisotopic (exact) mass is 438 g/mol. The van der Waals surface area contributed by atoms with E-state index in [-0.39, 0.29) is 11.5 Å². The zero-order chi connectivity index (χ0) is 21.3. The molecule has 1 aromatic heterocycles.